The molecular weight excluding hydrogens is 320 g/mol. The maximum Gasteiger partial charge on any atom is 0.255 e. The van der Waals surface area contributed by atoms with E-state index in [0.29, 0.717) is 30.9 Å². The van der Waals surface area contributed by atoms with E-state index in [-0.39, 0.29) is 12.5 Å². The highest BCUT2D eigenvalue weighted by Gasteiger charge is 2.05. The van der Waals surface area contributed by atoms with Crippen LogP contribution in [0, 0.1) is 6.92 Å². The second-order valence-corrected chi connectivity index (χ2v) is 5.55. The van der Waals surface area contributed by atoms with Crippen molar-refractivity contribution in [1.29, 1.82) is 0 Å². The lowest BCUT2D eigenvalue weighted by Crippen LogP contribution is -2.25. The van der Waals surface area contributed by atoms with Gasteiger partial charge >= 0.3 is 0 Å². The highest BCUT2D eigenvalue weighted by atomic mass is 16.5. The largest absolute Gasteiger partial charge is 0.494 e. The number of hydrogen-bond acceptors (Lipinski definition) is 4. The fraction of sp³-hybridized carbons (Fsp3) is 0.263. The zero-order chi connectivity index (χ0) is 18.1. The fourth-order valence-corrected chi connectivity index (χ4v) is 2.13. The van der Waals surface area contributed by atoms with Gasteiger partial charge in [0.15, 0.2) is 6.61 Å². The molecule has 0 aliphatic heterocycles. The molecule has 0 bridgehead atoms. The quantitative estimate of drug-likeness (QED) is 0.683. The molecule has 25 heavy (non-hydrogen) atoms. The maximum absolute atomic E-state index is 12.0. The number of benzene rings is 2. The first-order valence-electron chi connectivity index (χ1n) is 8.03. The Morgan fingerprint density at radius 3 is 2.48 bits per heavy atom. The van der Waals surface area contributed by atoms with Crippen molar-refractivity contribution in [3.05, 3.63) is 59.7 Å². The van der Waals surface area contributed by atoms with Crippen LogP contribution in [0.2, 0.25) is 0 Å². The van der Waals surface area contributed by atoms with Gasteiger partial charge in [0.1, 0.15) is 11.5 Å². The molecule has 0 aliphatic carbocycles. The van der Waals surface area contributed by atoms with Gasteiger partial charge in [-0.15, -0.1) is 0 Å². The summed E-state index contributed by atoms with van der Waals surface area (Å²) in [5, 5.41) is 2.83. The van der Waals surface area contributed by atoms with Gasteiger partial charge in [-0.2, -0.15) is 0 Å². The Morgan fingerprint density at radius 1 is 1.04 bits per heavy atom. The Balaban J connectivity index is 1.68. The van der Waals surface area contributed by atoms with Crippen LogP contribution < -0.4 is 20.5 Å². The minimum Gasteiger partial charge on any atom is -0.494 e. The minimum absolute atomic E-state index is 0.169. The molecule has 0 atom stereocenters. The van der Waals surface area contributed by atoms with Gasteiger partial charge in [0.05, 0.1) is 6.61 Å². The number of nitrogens with one attached hydrogen (secondary N) is 1. The second kappa shape index (κ2) is 9.32. The molecule has 0 radical (unpaired) electrons. The van der Waals surface area contributed by atoms with Gasteiger partial charge in [-0.1, -0.05) is 12.1 Å². The molecule has 2 amide bonds. The van der Waals surface area contributed by atoms with E-state index in [1.807, 2.05) is 31.2 Å². The van der Waals surface area contributed by atoms with Gasteiger partial charge in [0.2, 0.25) is 0 Å². The van der Waals surface area contributed by atoms with Crippen LogP contribution >= 0.6 is 0 Å². The summed E-state index contributed by atoms with van der Waals surface area (Å²) < 4.78 is 10.8. The molecule has 0 saturated heterocycles. The molecule has 0 heterocycles. The van der Waals surface area contributed by atoms with Crippen molar-refractivity contribution in [3.63, 3.8) is 0 Å². The lowest BCUT2D eigenvalue weighted by molar-refractivity contribution is -0.119. The van der Waals surface area contributed by atoms with E-state index < -0.39 is 5.91 Å². The number of hydrogen-bond donors (Lipinski definition) is 2. The zero-order valence-electron chi connectivity index (χ0n) is 14.2. The molecule has 2 aromatic rings. The van der Waals surface area contributed by atoms with Gasteiger partial charge in [-0.3, -0.25) is 9.59 Å². The van der Waals surface area contributed by atoms with E-state index in [1.54, 1.807) is 24.3 Å². The molecule has 2 rings (SSSR count). The predicted molar refractivity (Wildman–Crippen MR) is 94.8 cm³/mol. The Labute approximate surface area is 146 Å². The third-order valence-corrected chi connectivity index (χ3v) is 3.36. The molecule has 0 saturated carbocycles. The first-order chi connectivity index (χ1) is 12.0. The van der Waals surface area contributed by atoms with Crippen molar-refractivity contribution < 1.29 is 19.1 Å². The van der Waals surface area contributed by atoms with Crippen molar-refractivity contribution in [1.82, 2.24) is 5.32 Å². The fourth-order valence-electron chi connectivity index (χ4n) is 2.13. The Hall–Kier alpha value is -3.02. The molecule has 0 aliphatic rings. The van der Waals surface area contributed by atoms with Crippen molar-refractivity contribution in [2.45, 2.75) is 13.3 Å². The Kier molecular flexibility index (Phi) is 6.83. The lowest BCUT2D eigenvalue weighted by Gasteiger charge is -2.08. The molecule has 0 unspecified atom stereocenters. The highest BCUT2D eigenvalue weighted by molar-refractivity contribution is 5.94. The third kappa shape index (κ3) is 6.55. The number of primary amides is 1. The van der Waals surface area contributed by atoms with E-state index in [9.17, 15) is 9.59 Å². The number of carbonyl (C=O) groups excluding carboxylic acids is 2. The van der Waals surface area contributed by atoms with Crippen molar-refractivity contribution >= 4 is 11.8 Å². The molecule has 132 valence electrons. The van der Waals surface area contributed by atoms with Crippen molar-refractivity contribution in [3.8, 4) is 11.5 Å². The molecule has 6 heteroatoms. The predicted octanol–water partition coefficient (Wildman–Crippen LogP) is 2.06. The van der Waals surface area contributed by atoms with Crippen LogP contribution in [0.5, 0.6) is 11.5 Å². The van der Waals surface area contributed by atoms with Gasteiger partial charge in [-0.05, 0) is 55.3 Å². The van der Waals surface area contributed by atoms with Crippen LogP contribution in [-0.4, -0.2) is 31.6 Å². The average molecular weight is 342 g/mol. The Morgan fingerprint density at radius 2 is 1.80 bits per heavy atom. The highest BCUT2D eigenvalue weighted by Crippen LogP contribution is 2.13. The van der Waals surface area contributed by atoms with E-state index in [2.05, 4.69) is 5.32 Å². The van der Waals surface area contributed by atoms with Gasteiger partial charge in [0, 0.05) is 12.1 Å². The van der Waals surface area contributed by atoms with Gasteiger partial charge in [0.25, 0.3) is 11.8 Å². The lowest BCUT2D eigenvalue weighted by atomic mass is 10.2. The topological polar surface area (TPSA) is 90.7 Å². The molecular formula is C19H22N2O4. The summed E-state index contributed by atoms with van der Waals surface area (Å²) >= 11 is 0. The average Bonchev–Trinajstić information content (AvgIpc) is 2.60. The first-order valence-corrected chi connectivity index (χ1v) is 8.03. The molecule has 3 N–H and O–H groups in total. The van der Waals surface area contributed by atoms with Crippen molar-refractivity contribution in [2.24, 2.45) is 5.73 Å². The summed E-state index contributed by atoms with van der Waals surface area (Å²) in [7, 11) is 0. The summed E-state index contributed by atoms with van der Waals surface area (Å²) in [6.45, 7) is 2.87. The summed E-state index contributed by atoms with van der Waals surface area (Å²) in [6, 6.07) is 14.4. The maximum atomic E-state index is 12.0. The van der Waals surface area contributed by atoms with Crippen LogP contribution in [0.3, 0.4) is 0 Å². The zero-order valence-corrected chi connectivity index (χ0v) is 14.2. The second-order valence-electron chi connectivity index (χ2n) is 5.55. The summed E-state index contributed by atoms with van der Waals surface area (Å²) in [5.74, 6) is 0.603. The normalized spacial score (nSPS) is 10.1. The molecule has 0 fully saturated rings. The standard InChI is InChI=1S/C19H22N2O4/c1-14-4-2-5-17(12-14)24-11-3-10-21-19(23)15-6-8-16(9-7-15)25-13-18(20)22/h2,4-9,12H,3,10-11,13H2,1H3,(H2,20,22)(H,21,23). The van der Waals surface area contributed by atoms with Crippen LogP contribution in [0.25, 0.3) is 0 Å². The number of rotatable bonds is 9. The van der Waals surface area contributed by atoms with E-state index in [4.69, 9.17) is 15.2 Å². The summed E-state index contributed by atoms with van der Waals surface area (Å²) in [6.07, 6.45) is 0.708. The van der Waals surface area contributed by atoms with Gasteiger partial charge < -0.3 is 20.5 Å². The number of nitrogens with two attached hydrogens (primary N) is 1. The number of amides is 2. The van der Waals surface area contributed by atoms with Crippen molar-refractivity contribution in [2.75, 3.05) is 19.8 Å². The third-order valence-electron chi connectivity index (χ3n) is 3.36. The molecule has 0 spiro atoms. The van der Waals surface area contributed by atoms with Crippen LogP contribution in [-0.2, 0) is 4.79 Å². The summed E-state index contributed by atoms with van der Waals surface area (Å²) in [5.41, 5.74) is 6.67. The number of aryl methyl sites for hydroxylation is 1. The number of carbonyl (C=O) groups is 2. The molecule has 0 aromatic heterocycles. The van der Waals surface area contributed by atoms with Crippen LogP contribution in [0.4, 0.5) is 0 Å². The van der Waals surface area contributed by atoms with E-state index in [1.165, 1.54) is 0 Å². The monoisotopic (exact) mass is 342 g/mol. The van der Waals surface area contributed by atoms with E-state index >= 15 is 0 Å². The molecule has 2 aromatic carbocycles. The van der Waals surface area contributed by atoms with Crippen LogP contribution in [0.15, 0.2) is 48.5 Å². The summed E-state index contributed by atoms with van der Waals surface area (Å²) in [4.78, 5) is 22.7. The molecule has 6 nitrogen and oxygen atoms in total. The van der Waals surface area contributed by atoms with Crippen LogP contribution in [0.1, 0.15) is 22.3 Å². The smallest absolute Gasteiger partial charge is 0.255 e. The van der Waals surface area contributed by atoms with E-state index in [0.717, 1.165) is 11.3 Å². The Bertz CT molecular complexity index is 714. The number of ether oxygens (including phenoxy) is 2. The minimum atomic E-state index is -0.547. The van der Waals surface area contributed by atoms with Gasteiger partial charge in [-0.25, -0.2) is 0 Å². The first kappa shape index (κ1) is 18.3. The SMILES string of the molecule is Cc1cccc(OCCCNC(=O)c2ccc(OCC(N)=O)cc2)c1.